The van der Waals surface area contributed by atoms with Crippen molar-refractivity contribution in [3.63, 3.8) is 0 Å². The van der Waals surface area contributed by atoms with E-state index in [1.807, 2.05) is 12.1 Å². The van der Waals surface area contributed by atoms with E-state index in [0.29, 0.717) is 12.1 Å². The second-order valence-corrected chi connectivity index (χ2v) is 7.19. The van der Waals surface area contributed by atoms with Crippen molar-refractivity contribution >= 4 is 5.91 Å². The fourth-order valence-electron chi connectivity index (χ4n) is 3.52. The van der Waals surface area contributed by atoms with Crippen molar-refractivity contribution in [3.8, 4) is 5.69 Å². The first-order chi connectivity index (χ1) is 14.1. The van der Waals surface area contributed by atoms with Gasteiger partial charge >= 0.3 is 0 Å². The maximum atomic E-state index is 13.4. The zero-order chi connectivity index (χ0) is 20.2. The quantitative estimate of drug-likeness (QED) is 0.719. The summed E-state index contributed by atoms with van der Waals surface area (Å²) < 4.78 is 28.2. The molecule has 1 aliphatic heterocycles. The molecule has 0 unspecified atom stereocenters. The van der Waals surface area contributed by atoms with Crippen molar-refractivity contribution in [1.82, 2.24) is 25.0 Å². The number of halogens is 2. The molecule has 2 heterocycles. The minimum Gasteiger partial charge on any atom is -0.349 e. The molecule has 3 aromatic rings. The Kier molecular flexibility index (Phi) is 5.62. The van der Waals surface area contributed by atoms with Gasteiger partial charge in [-0.2, -0.15) is 0 Å². The molecular formula is C21H21F2N5O. The number of carbonyl (C=O) groups is 1. The van der Waals surface area contributed by atoms with E-state index in [4.69, 9.17) is 0 Å². The Morgan fingerprint density at radius 3 is 2.34 bits per heavy atom. The van der Waals surface area contributed by atoms with Crippen molar-refractivity contribution < 1.29 is 13.6 Å². The van der Waals surface area contributed by atoms with Crippen LogP contribution in [0.5, 0.6) is 0 Å². The van der Waals surface area contributed by atoms with Crippen LogP contribution < -0.4 is 5.32 Å². The zero-order valence-electron chi connectivity index (χ0n) is 15.8. The van der Waals surface area contributed by atoms with E-state index in [1.165, 1.54) is 6.07 Å². The Morgan fingerprint density at radius 1 is 1.00 bits per heavy atom. The SMILES string of the molecule is O=C(NC1CCN(Cc2ccc(F)c(F)c2)CC1)c1ccc(-n2cnnc2)cc1. The molecule has 2 aromatic carbocycles. The largest absolute Gasteiger partial charge is 0.349 e. The second-order valence-electron chi connectivity index (χ2n) is 7.19. The average Bonchev–Trinajstić information content (AvgIpc) is 3.27. The van der Waals surface area contributed by atoms with Gasteiger partial charge in [0.15, 0.2) is 11.6 Å². The fraction of sp³-hybridized carbons (Fsp3) is 0.286. The van der Waals surface area contributed by atoms with Gasteiger partial charge in [0.2, 0.25) is 0 Å². The summed E-state index contributed by atoms with van der Waals surface area (Å²) in [5, 5.41) is 10.6. The number of carbonyl (C=O) groups excluding carboxylic acids is 1. The molecule has 0 spiro atoms. The van der Waals surface area contributed by atoms with Crippen LogP contribution in [0, 0.1) is 11.6 Å². The average molecular weight is 397 g/mol. The maximum absolute atomic E-state index is 13.4. The van der Waals surface area contributed by atoms with Crippen LogP contribution in [0.2, 0.25) is 0 Å². The fourth-order valence-corrected chi connectivity index (χ4v) is 3.52. The minimum atomic E-state index is -0.829. The standard InChI is InChI=1S/C21H21F2N5O/c22-19-6-1-15(11-20(19)23)12-27-9-7-17(8-10-27)26-21(29)16-2-4-18(5-3-16)28-13-24-25-14-28/h1-6,11,13-14,17H,7-10,12H2,(H,26,29). The predicted molar refractivity (Wildman–Crippen MR) is 103 cm³/mol. The van der Waals surface area contributed by atoms with E-state index < -0.39 is 11.6 Å². The third kappa shape index (κ3) is 4.65. The van der Waals surface area contributed by atoms with Crippen LogP contribution in [-0.4, -0.2) is 44.7 Å². The molecule has 0 saturated carbocycles. The molecule has 6 nitrogen and oxygen atoms in total. The van der Waals surface area contributed by atoms with E-state index in [9.17, 15) is 13.6 Å². The summed E-state index contributed by atoms with van der Waals surface area (Å²) in [6.07, 6.45) is 4.83. The van der Waals surface area contributed by atoms with Crippen LogP contribution in [0.15, 0.2) is 55.1 Å². The van der Waals surface area contributed by atoms with Gasteiger partial charge in [-0.3, -0.25) is 14.3 Å². The molecule has 29 heavy (non-hydrogen) atoms. The number of rotatable bonds is 5. The molecular weight excluding hydrogens is 376 g/mol. The lowest BCUT2D eigenvalue weighted by atomic mass is 10.0. The van der Waals surface area contributed by atoms with E-state index in [2.05, 4.69) is 20.4 Å². The molecule has 1 amide bonds. The Balaban J connectivity index is 1.28. The third-order valence-electron chi connectivity index (χ3n) is 5.16. The Labute approximate surface area is 167 Å². The van der Waals surface area contributed by atoms with Gasteiger partial charge in [0.1, 0.15) is 12.7 Å². The summed E-state index contributed by atoms with van der Waals surface area (Å²) in [7, 11) is 0. The number of benzene rings is 2. The van der Waals surface area contributed by atoms with Crippen LogP contribution in [0.3, 0.4) is 0 Å². The van der Waals surface area contributed by atoms with Gasteiger partial charge in [-0.25, -0.2) is 8.78 Å². The molecule has 1 aliphatic rings. The molecule has 0 atom stereocenters. The lowest BCUT2D eigenvalue weighted by Crippen LogP contribution is -2.44. The van der Waals surface area contributed by atoms with Crippen LogP contribution in [0.1, 0.15) is 28.8 Å². The minimum absolute atomic E-state index is 0.0978. The van der Waals surface area contributed by atoms with Crippen LogP contribution in [-0.2, 0) is 6.54 Å². The second kappa shape index (κ2) is 8.48. The van der Waals surface area contributed by atoms with E-state index in [-0.39, 0.29) is 11.9 Å². The zero-order valence-corrected chi connectivity index (χ0v) is 15.8. The highest BCUT2D eigenvalue weighted by Crippen LogP contribution is 2.17. The lowest BCUT2D eigenvalue weighted by molar-refractivity contribution is 0.0909. The van der Waals surface area contributed by atoms with Gasteiger partial charge in [-0.05, 0) is 54.8 Å². The first kappa shape index (κ1) is 19.2. The van der Waals surface area contributed by atoms with Gasteiger partial charge in [-0.15, -0.1) is 10.2 Å². The Hall–Kier alpha value is -3.13. The van der Waals surface area contributed by atoms with Crippen molar-refractivity contribution in [2.45, 2.75) is 25.4 Å². The van der Waals surface area contributed by atoms with Gasteiger partial charge in [0.25, 0.3) is 5.91 Å². The van der Waals surface area contributed by atoms with Crippen LogP contribution in [0.25, 0.3) is 5.69 Å². The van der Waals surface area contributed by atoms with Crippen LogP contribution in [0.4, 0.5) is 8.78 Å². The summed E-state index contributed by atoms with van der Waals surface area (Å²) in [5.74, 6) is -1.75. The van der Waals surface area contributed by atoms with E-state index >= 15 is 0 Å². The molecule has 1 saturated heterocycles. The van der Waals surface area contributed by atoms with Gasteiger partial charge in [-0.1, -0.05) is 6.07 Å². The number of piperidine rings is 1. The smallest absolute Gasteiger partial charge is 0.251 e. The number of likely N-dealkylation sites (tertiary alicyclic amines) is 1. The number of amides is 1. The molecule has 8 heteroatoms. The molecule has 1 aromatic heterocycles. The molecule has 0 aliphatic carbocycles. The predicted octanol–water partition coefficient (Wildman–Crippen LogP) is 2.94. The normalized spacial score (nSPS) is 15.4. The summed E-state index contributed by atoms with van der Waals surface area (Å²) in [4.78, 5) is 14.7. The summed E-state index contributed by atoms with van der Waals surface area (Å²) in [6, 6.07) is 11.4. The van der Waals surface area contributed by atoms with Crippen molar-refractivity contribution in [3.05, 3.63) is 77.9 Å². The lowest BCUT2D eigenvalue weighted by Gasteiger charge is -2.32. The van der Waals surface area contributed by atoms with Gasteiger partial charge < -0.3 is 5.32 Å². The monoisotopic (exact) mass is 397 g/mol. The maximum Gasteiger partial charge on any atom is 0.251 e. The van der Waals surface area contributed by atoms with E-state index in [0.717, 1.165) is 43.2 Å². The topological polar surface area (TPSA) is 63.1 Å². The summed E-state index contributed by atoms with van der Waals surface area (Å²) in [6.45, 7) is 2.15. The summed E-state index contributed by atoms with van der Waals surface area (Å²) >= 11 is 0. The highest BCUT2D eigenvalue weighted by molar-refractivity contribution is 5.94. The number of nitrogens with zero attached hydrogens (tertiary/aromatic N) is 4. The number of aromatic nitrogens is 3. The van der Waals surface area contributed by atoms with Crippen molar-refractivity contribution in [1.29, 1.82) is 0 Å². The van der Waals surface area contributed by atoms with Gasteiger partial charge in [0, 0.05) is 36.9 Å². The highest BCUT2D eigenvalue weighted by Gasteiger charge is 2.21. The molecule has 4 rings (SSSR count). The van der Waals surface area contributed by atoms with Crippen molar-refractivity contribution in [2.24, 2.45) is 0 Å². The van der Waals surface area contributed by atoms with Crippen molar-refractivity contribution in [2.75, 3.05) is 13.1 Å². The van der Waals surface area contributed by atoms with Gasteiger partial charge in [0.05, 0.1) is 0 Å². The molecule has 0 bridgehead atoms. The third-order valence-corrected chi connectivity index (χ3v) is 5.16. The highest BCUT2D eigenvalue weighted by atomic mass is 19.2. The molecule has 1 fully saturated rings. The number of hydrogen-bond acceptors (Lipinski definition) is 4. The first-order valence-electron chi connectivity index (χ1n) is 9.51. The Morgan fingerprint density at radius 2 is 1.69 bits per heavy atom. The molecule has 1 N–H and O–H groups in total. The summed E-state index contributed by atoms with van der Waals surface area (Å²) in [5.41, 5.74) is 2.24. The molecule has 150 valence electrons. The first-order valence-corrected chi connectivity index (χ1v) is 9.51. The van der Waals surface area contributed by atoms with Crippen LogP contribution >= 0.6 is 0 Å². The van der Waals surface area contributed by atoms with E-state index in [1.54, 1.807) is 35.4 Å². The Bertz CT molecular complexity index is 967. The molecule has 0 radical (unpaired) electrons. The number of nitrogens with one attached hydrogen (secondary N) is 1. The number of hydrogen-bond donors (Lipinski definition) is 1.